The maximum absolute atomic E-state index is 12.5. The molecular formula is C17H23NO4S. The van der Waals surface area contributed by atoms with E-state index in [1.54, 1.807) is 0 Å². The molecule has 1 N–H and O–H groups in total. The molecule has 0 bridgehead atoms. The topological polar surface area (TPSA) is 74.7 Å². The Bertz CT molecular complexity index is 613. The molecule has 0 aromatic heterocycles. The lowest BCUT2D eigenvalue weighted by molar-refractivity contribution is -0.136. The highest BCUT2D eigenvalue weighted by molar-refractivity contribution is 8.14. The van der Waals surface area contributed by atoms with Crippen LogP contribution >= 0.6 is 11.8 Å². The molecule has 5 nitrogen and oxygen atoms in total. The van der Waals surface area contributed by atoms with E-state index in [9.17, 15) is 14.4 Å². The van der Waals surface area contributed by atoms with E-state index in [0.29, 0.717) is 12.1 Å². The minimum atomic E-state index is -1.08. The summed E-state index contributed by atoms with van der Waals surface area (Å²) >= 11 is 0.952. The van der Waals surface area contributed by atoms with Crippen LogP contribution in [0.25, 0.3) is 0 Å². The number of carboxylic acid groups (broad SMARTS) is 1. The number of nitrogens with zero attached hydrogens (tertiary/aromatic N) is 1. The standard InChI is InChI=1S/C17H23NO4S/c1-5-6-16(22)23-10-14(19)18(9-15(20)21)17-12(3)8-7-11(2)13(17)4/h7-8H,5-6,9-10H2,1-4H3,(H,20,21). The first-order valence-corrected chi connectivity index (χ1v) is 8.51. The monoisotopic (exact) mass is 337 g/mol. The Labute approximate surface area is 141 Å². The number of benzene rings is 1. The van der Waals surface area contributed by atoms with E-state index < -0.39 is 12.5 Å². The second kappa shape index (κ2) is 8.72. The smallest absolute Gasteiger partial charge is 0.323 e. The van der Waals surface area contributed by atoms with Gasteiger partial charge in [0.05, 0.1) is 11.4 Å². The zero-order chi connectivity index (χ0) is 17.6. The molecule has 6 heteroatoms. The molecule has 1 aromatic rings. The molecule has 0 spiro atoms. The van der Waals surface area contributed by atoms with Crippen LogP contribution in [0.1, 0.15) is 36.5 Å². The average Bonchev–Trinajstić information content (AvgIpc) is 2.48. The van der Waals surface area contributed by atoms with Crippen molar-refractivity contribution in [3.63, 3.8) is 0 Å². The molecule has 1 rings (SSSR count). The normalized spacial score (nSPS) is 10.4. The minimum absolute atomic E-state index is 0.0427. The van der Waals surface area contributed by atoms with Crippen LogP contribution in [0.3, 0.4) is 0 Å². The van der Waals surface area contributed by atoms with Crippen molar-refractivity contribution < 1.29 is 19.5 Å². The fourth-order valence-electron chi connectivity index (χ4n) is 2.28. The number of aryl methyl sites for hydroxylation is 2. The lowest BCUT2D eigenvalue weighted by Gasteiger charge is -2.25. The third kappa shape index (κ3) is 5.39. The summed E-state index contributed by atoms with van der Waals surface area (Å²) in [5.74, 6) is -1.49. The maximum Gasteiger partial charge on any atom is 0.323 e. The quantitative estimate of drug-likeness (QED) is 0.827. The van der Waals surface area contributed by atoms with Crippen molar-refractivity contribution in [2.24, 2.45) is 0 Å². The van der Waals surface area contributed by atoms with Gasteiger partial charge in [-0.3, -0.25) is 19.3 Å². The second-order valence-corrected chi connectivity index (χ2v) is 6.49. The largest absolute Gasteiger partial charge is 0.480 e. The first kappa shape index (κ1) is 19.2. The van der Waals surface area contributed by atoms with Gasteiger partial charge < -0.3 is 5.11 Å². The first-order valence-electron chi connectivity index (χ1n) is 7.52. The number of carboxylic acids is 1. The molecule has 0 saturated heterocycles. The summed E-state index contributed by atoms with van der Waals surface area (Å²) in [6.07, 6.45) is 1.15. The number of hydrogen-bond donors (Lipinski definition) is 1. The van der Waals surface area contributed by atoms with Gasteiger partial charge >= 0.3 is 5.97 Å². The molecule has 126 valence electrons. The van der Waals surface area contributed by atoms with Gasteiger partial charge in [0.25, 0.3) is 0 Å². The number of amides is 1. The van der Waals surface area contributed by atoms with Crippen molar-refractivity contribution in [2.45, 2.75) is 40.5 Å². The second-order valence-electron chi connectivity index (χ2n) is 5.46. The molecule has 0 fully saturated rings. The molecule has 0 aliphatic carbocycles. The molecule has 0 unspecified atom stereocenters. The van der Waals surface area contributed by atoms with Crippen molar-refractivity contribution in [3.8, 4) is 0 Å². The molecule has 0 heterocycles. The van der Waals surface area contributed by atoms with Crippen molar-refractivity contribution >= 4 is 34.4 Å². The van der Waals surface area contributed by atoms with Crippen LogP contribution in [0, 0.1) is 20.8 Å². The molecule has 1 amide bonds. The van der Waals surface area contributed by atoms with E-state index >= 15 is 0 Å². The molecule has 0 aliphatic rings. The van der Waals surface area contributed by atoms with Crippen molar-refractivity contribution in [1.82, 2.24) is 0 Å². The van der Waals surface area contributed by atoms with Crippen LogP contribution in [0.2, 0.25) is 0 Å². The van der Waals surface area contributed by atoms with E-state index in [2.05, 4.69) is 0 Å². The summed E-state index contributed by atoms with van der Waals surface area (Å²) in [6.45, 7) is 7.12. The van der Waals surface area contributed by atoms with Crippen LogP contribution in [-0.4, -0.2) is 34.4 Å². The van der Waals surface area contributed by atoms with Gasteiger partial charge in [0, 0.05) is 6.42 Å². The maximum atomic E-state index is 12.5. The molecule has 23 heavy (non-hydrogen) atoms. The van der Waals surface area contributed by atoms with E-state index in [0.717, 1.165) is 34.9 Å². The summed E-state index contributed by atoms with van der Waals surface area (Å²) in [4.78, 5) is 36.5. The molecule has 1 aromatic carbocycles. The highest BCUT2D eigenvalue weighted by atomic mass is 32.2. The third-order valence-electron chi connectivity index (χ3n) is 3.58. The predicted octanol–water partition coefficient (Wildman–Crippen LogP) is 3.09. The number of hydrogen-bond acceptors (Lipinski definition) is 4. The number of aliphatic carboxylic acids is 1. The minimum Gasteiger partial charge on any atom is -0.480 e. The zero-order valence-electron chi connectivity index (χ0n) is 14.0. The van der Waals surface area contributed by atoms with Gasteiger partial charge in [0.1, 0.15) is 6.54 Å². The fraction of sp³-hybridized carbons (Fsp3) is 0.471. The number of carbonyl (C=O) groups is 3. The van der Waals surface area contributed by atoms with Gasteiger partial charge in [-0.25, -0.2) is 0 Å². The van der Waals surface area contributed by atoms with Gasteiger partial charge in [-0.05, 0) is 43.9 Å². The zero-order valence-corrected chi connectivity index (χ0v) is 14.8. The van der Waals surface area contributed by atoms with Crippen LogP contribution in [0.5, 0.6) is 0 Å². The van der Waals surface area contributed by atoms with Crippen molar-refractivity contribution in [2.75, 3.05) is 17.2 Å². The van der Waals surface area contributed by atoms with Crippen LogP contribution in [0.4, 0.5) is 5.69 Å². The first-order chi connectivity index (χ1) is 10.8. The number of thioether (sulfide) groups is 1. The summed E-state index contributed by atoms with van der Waals surface area (Å²) in [5, 5.41) is 9.09. The van der Waals surface area contributed by atoms with Crippen molar-refractivity contribution in [3.05, 3.63) is 28.8 Å². The van der Waals surface area contributed by atoms with Crippen LogP contribution in [-0.2, 0) is 14.4 Å². The number of anilines is 1. The Morgan fingerprint density at radius 3 is 2.30 bits per heavy atom. The highest BCUT2D eigenvalue weighted by Gasteiger charge is 2.23. The van der Waals surface area contributed by atoms with Gasteiger partial charge in [-0.1, -0.05) is 30.8 Å². The number of rotatable bonds is 7. The Balaban J connectivity index is 3.06. The Kier molecular flexibility index (Phi) is 7.29. The third-order valence-corrected chi connectivity index (χ3v) is 4.50. The molecular weight excluding hydrogens is 314 g/mol. The molecule has 0 aliphatic heterocycles. The Hall–Kier alpha value is -1.82. The summed E-state index contributed by atoms with van der Waals surface area (Å²) in [7, 11) is 0. The van der Waals surface area contributed by atoms with Crippen LogP contribution in [0.15, 0.2) is 12.1 Å². The Morgan fingerprint density at radius 2 is 1.74 bits per heavy atom. The van der Waals surface area contributed by atoms with E-state index in [-0.39, 0.29) is 16.8 Å². The van der Waals surface area contributed by atoms with Gasteiger partial charge in [-0.2, -0.15) is 0 Å². The van der Waals surface area contributed by atoms with E-state index in [1.807, 2.05) is 39.8 Å². The molecule has 0 atom stereocenters. The average molecular weight is 337 g/mol. The van der Waals surface area contributed by atoms with Gasteiger partial charge in [0.15, 0.2) is 5.12 Å². The summed E-state index contributed by atoms with van der Waals surface area (Å²) in [5.41, 5.74) is 3.33. The lowest BCUT2D eigenvalue weighted by Crippen LogP contribution is -2.38. The lowest BCUT2D eigenvalue weighted by atomic mass is 10.0. The SMILES string of the molecule is CCCC(=O)SCC(=O)N(CC(=O)O)c1c(C)ccc(C)c1C. The van der Waals surface area contributed by atoms with Crippen LogP contribution < -0.4 is 4.90 Å². The summed E-state index contributed by atoms with van der Waals surface area (Å²) in [6, 6.07) is 3.81. The van der Waals surface area contributed by atoms with Gasteiger partial charge in [0.2, 0.25) is 5.91 Å². The predicted molar refractivity (Wildman–Crippen MR) is 93.0 cm³/mol. The van der Waals surface area contributed by atoms with E-state index in [4.69, 9.17) is 5.11 Å². The molecule has 0 saturated carbocycles. The summed E-state index contributed by atoms with van der Waals surface area (Å²) < 4.78 is 0. The highest BCUT2D eigenvalue weighted by Crippen LogP contribution is 2.28. The number of carbonyl (C=O) groups excluding carboxylic acids is 2. The fourth-order valence-corrected chi connectivity index (χ4v) is 3.06. The van der Waals surface area contributed by atoms with Gasteiger partial charge in [-0.15, -0.1) is 0 Å². The Morgan fingerprint density at radius 1 is 1.13 bits per heavy atom. The van der Waals surface area contributed by atoms with E-state index in [1.165, 1.54) is 4.90 Å². The molecule has 0 radical (unpaired) electrons. The van der Waals surface area contributed by atoms with Crippen molar-refractivity contribution in [1.29, 1.82) is 0 Å².